The van der Waals surface area contributed by atoms with Crippen LogP contribution in [0.2, 0.25) is 0 Å². The first-order chi connectivity index (χ1) is 14.8. The molecule has 0 bridgehead atoms. The maximum absolute atomic E-state index is 14.5. The fraction of sp³-hybridized carbons (Fsp3) is 0.368. The zero-order valence-electron chi connectivity index (χ0n) is 16.5. The molecule has 176 valence electrons. The summed E-state index contributed by atoms with van der Waals surface area (Å²) < 4.78 is 119. The van der Waals surface area contributed by atoms with Crippen molar-refractivity contribution in [3.05, 3.63) is 53.1 Å². The molecule has 2 aromatic rings. The van der Waals surface area contributed by atoms with Gasteiger partial charge in [-0.15, -0.1) is 11.8 Å². The second-order valence-electron chi connectivity index (χ2n) is 7.04. The van der Waals surface area contributed by atoms with E-state index in [2.05, 4.69) is 0 Å². The molecule has 13 heteroatoms. The van der Waals surface area contributed by atoms with Gasteiger partial charge in [-0.25, -0.2) is 26.0 Å². The molecule has 1 aliphatic rings. The van der Waals surface area contributed by atoms with Gasteiger partial charge in [-0.1, -0.05) is 0 Å². The Morgan fingerprint density at radius 2 is 1.56 bits per heavy atom. The summed E-state index contributed by atoms with van der Waals surface area (Å²) in [7, 11) is -4.49. The average molecular weight is 502 g/mol. The summed E-state index contributed by atoms with van der Waals surface area (Å²) in [6.07, 6.45) is -4.40. The molecule has 0 aromatic heterocycles. The van der Waals surface area contributed by atoms with Crippen LogP contribution in [0.25, 0.3) is 0 Å². The minimum atomic E-state index is -4.49. The van der Waals surface area contributed by atoms with Crippen LogP contribution in [0.1, 0.15) is 5.56 Å². The van der Waals surface area contributed by atoms with Crippen LogP contribution in [-0.4, -0.2) is 50.8 Å². The Labute approximate surface area is 184 Å². The molecule has 0 radical (unpaired) electrons. The van der Waals surface area contributed by atoms with Crippen molar-refractivity contribution in [2.75, 3.05) is 36.8 Å². The molecule has 32 heavy (non-hydrogen) atoms. The van der Waals surface area contributed by atoms with E-state index >= 15 is 0 Å². The number of sulfonamides is 1. The number of thioether (sulfide) groups is 1. The monoisotopic (exact) mass is 502 g/mol. The second-order valence-corrected chi connectivity index (χ2v) is 9.96. The zero-order chi connectivity index (χ0) is 23.8. The quantitative estimate of drug-likeness (QED) is 0.337. The van der Waals surface area contributed by atoms with E-state index < -0.39 is 50.1 Å². The van der Waals surface area contributed by atoms with Gasteiger partial charge in [0.1, 0.15) is 10.7 Å². The van der Waals surface area contributed by atoms with Crippen molar-refractivity contribution in [1.82, 2.24) is 4.31 Å². The van der Waals surface area contributed by atoms with E-state index in [9.17, 15) is 39.2 Å². The molecule has 2 aromatic carbocycles. The van der Waals surface area contributed by atoms with Crippen molar-refractivity contribution in [1.29, 1.82) is 0 Å². The van der Waals surface area contributed by atoms with Gasteiger partial charge in [0, 0.05) is 31.1 Å². The first kappa shape index (κ1) is 24.6. The Kier molecular flexibility index (Phi) is 7.01. The summed E-state index contributed by atoms with van der Waals surface area (Å²) in [6.45, 7) is 0.937. The molecule has 0 aliphatic carbocycles. The second kappa shape index (κ2) is 9.10. The summed E-state index contributed by atoms with van der Waals surface area (Å²) in [5, 5.41) is 0. The Bertz CT molecular complexity index is 1120. The van der Waals surface area contributed by atoms with Crippen LogP contribution in [0.15, 0.2) is 34.1 Å². The van der Waals surface area contributed by atoms with Gasteiger partial charge in [-0.3, -0.25) is 0 Å². The summed E-state index contributed by atoms with van der Waals surface area (Å²) >= 11 is 0.515. The molecule has 0 unspecified atom stereocenters. The van der Waals surface area contributed by atoms with Gasteiger partial charge in [0.25, 0.3) is 0 Å². The van der Waals surface area contributed by atoms with E-state index in [-0.39, 0.29) is 36.8 Å². The Balaban J connectivity index is 1.78. The number of benzene rings is 2. The average Bonchev–Trinajstić information content (AvgIpc) is 2.70. The Morgan fingerprint density at radius 1 is 0.938 bits per heavy atom. The smallest absolute Gasteiger partial charge is 0.366 e. The first-order valence-electron chi connectivity index (χ1n) is 9.19. The summed E-state index contributed by atoms with van der Waals surface area (Å²) in [5.41, 5.74) is 0.340. The summed E-state index contributed by atoms with van der Waals surface area (Å²) in [5.74, 6) is -7.09. The molecule has 4 nitrogen and oxygen atoms in total. The fourth-order valence-electron chi connectivity index (χ4n) is 3.22. The highest BCUT2D eigenvalue weighted by molar-refractivity contribution is 7.99. The minimum Gasteiger partial charge on any atom is -0.366 e. The van der Waals surface area contributed by atoms with Gasteiger partial charge in [0.05, 0.1) is 11.4 Å². The number of nitrogens with zero attached hydrogens (tertiary/aromatic N) is 2. The fourth-order valence-corrected chi connectivity index (χ4v) is 5.49. The van der Waals surface area contributed by atoms with E-state index in [1.165, 1.54) is 17.9 Å². The third kappa shape index (κ3) is 5.15. The number of alkyl halides is 3. The number of halogens is 7. The highest BCUT2D eigenvalue weighted by atomic mass is 32.2. The first-order valence-corrected chi connectivity index (χ1v) is 11.6. The molecular weight excluding hydrogens is 485 g/mol. The van der Waals surface area contributed by atoms with E-state index in [1.54, 1.807) is 0 Å². The molecule has 0 atom stereocenters. The molecular formula is C19H17F7N2O2S2. The van der Waals surface area contributed by atoms with E-state index in [0.29, 0.717) is 29.5 Å². The van der Waals surface area contributed by atoms with E-state index in [1.807, 2.05) is 0 Å². The number of aryl methyl sites for hydroxylation is 1. The highest BCUT2D eigenvalue weighted by Gasteiger charge is 2.33. The molecule has 0 spiro atoms. The summed E-state index contributed by atoms with van der Waals surface area (Å²) in [6, 6.07) is 3.51. The van der Waals surface area contributed by atoms with E-state index in [0.717, 1.165) is 10.4 Å². The van der Waals surface area contributed by atoms with Crippen molar-refractivity contribution in [3.8, 4) is 0 Å². The predicted molar refractivity (Wildman–Crippen MR) is 105 cm³/mol. The molecule has 1 saturated heterocycles. The Morgan fingerprint density at radius 3 is 2.16 bits per heavy atom. The molecule has 0 amide bonds. The third-order valence-electron chi connectivity index (χ3n) is 4.83. The molecule has 0 saturated carbocycles. The normalized spacial score (nSPS) is 15.9. The minimum absolute atomic E-state index is 0.0105. The van der Waals surface area contributed by atoms with Gasteiger partial charge >= 0.3 is 6.18 Å². The van der Waals surface area contributed by atoms with Gasteiger partial charge < -0.3 is 4.90 Å². The van der Waals surface area contributed by atoms with Crippen LogP contribution in [0, 0.1) is 30.2 Å². The van der Waals surface area contributed by atoms with Crippen LogP contribution in [0.4, 0.5) is 36.4 Å². The van der Waals surface area contributed by atoms with E-state index in [4.69, 9.17) is 0 Å². The van der Waals surface area contributed by atoms with Crippen LogP contribution in [0.5, 0.6) is 0 Å². The van der Waals surface area contributed by atoms with Gasteiger partial charge in [-0.2, -0.15) is 17.5 Å². The van der Waals surface area contributed by atoms with Crippen LogP contribution in [0.3, 0.4) is 0 Å². The lowest BCUT2D eigenvalue weighted by atomic mass is 10.2. The number of hydrogen-bond donors (Lipinski definition) is 0. The number of hydrogen-bond acceptors (Lipinski definition) is 4. The molecule has 0 N–H and O–H groups in total. The lowest BCUT2D eigenvalue weighted by Crippen LogP contribution is -2.49. The van der Waals surface area contributed by atoms with Crippen molar-refractivity contribution in [3.63, 3.8) is 0 Å². The molecule has 1 aliphatic heterocycles. The van der Waals surface area contributed by atoms with Gasteiger partial charge in [0.2, 0.25) is 10.0 Å². The topological polar surface area (TPSA) is 40.6 Å². The molecule has 1 fully saturated rings. The summed E-state index contributed by atoms with van der Waals surface area (Å²) in [4.78, 5) is 0.676. The third-order valence-corrected chi connectivity index (χ3v) is 7.97. The Hall–Kier alpha value is -1.99. The predicted octanol–water partition coefficient (Wildman–Crippen LogP) is 4.72. The van der Waals surface area contributed by atoms with Crippen LogP contribution < -0.4 is 4.90 Å². The van der Waals surface area contributed by atoms with Gasteiger partial charge in [0.15, 0.2) is 17.5 Å². The van der Waals surface area contributed by atoms with Gasteiger partial charge in [-0.05, 0) is 36.8 Å². The number of rotatable bonds is 5. The number of anilines is 1. The lowest BCUT2D eigenvalue weighted by molar-refractivity contribution is -0.105. The largest absolute Gasteiger partial charge is 0.398 e. The molecule has 3 rings (SSSR count). The lowest BCUT2D eigenvalue weighted by Gasteiger charge is -2.35. The van der Waals surface area contributed by atoms with Crippen LogP contribution in [-0.2, 0) is 10.0 Å². The molecule has 1 heterocycles. The highest BCUT2D eigenvalue weighted by Crippen LogP contribution is 2.34. The van der Waals surface area contributed by atoms with Crippen molar-refractivity contribution < 1.29 is 39.2 Å². The SMILES string of the molecule is Cc1cc(F)c(N2CCN(S(=O)(=O)c3ccc(F)c(F)c3F)CC2)cc1SCC(F)(F)F. The maximum Gasteiger partial charge on any atom is 0.398 e. The standard InChI is InChI=1S/C19H17F7N2O2S2/c1-11-8-13(21)14(9-15(11)31-10-19(24,25)26)27-4-6-28(7-5-27)32(29,30)16-3-2-12(20)17(22)18(16)23/h2-3,8-9H,4-7,10H2,1H3. The number of piperazine rings is 1. The van der Waals surface area contributed by atoms with Crippen molar-refractivity contribution in [2.45, 2.75) is 22.9 Å². The van der Waals surface area contributed by atoms with Crippen molar-refractivity contribution >= 4 is 27.5 Å². The van der Waals surface area contributed by atoms with Crippen LogP contribution >= 0.6 is 11.8 Å². The van der Waals surface area contributed by atoms with Crippen molar-refractivity contribution in [2.24, 2.45) is 0 Å². The zero-order valence-corrected chi connectivity index (χ0v) is 18.2. The maximum atomic E-state index is 14.5.